The Bertz CT molecular complexity index is 554. The number of halogens is 2. The summed E-state index contributed by atoms with van der Waals surface area (Å²) in [5.41, 5.74) is 5.13. The van der Waals surface area contributed by atoms with Gasteiger partial charge in [-0.05, 0) is 0 Å². The molecule has 1 aliphatic carbocycles. The van der Waals surface area contributed by atoms with E-state index in [0.29, 0.717) is 18.7 Å². The molecule has 0 aliphatic heterocycles. The van der Waals surface area contributed by atoms with Gasteiger partial charge in [-0.2, -0.15) is 0 Å². The zero-order valence-electron chi connectivity index (χ0n) is 12.0. The fourth-order valence-corrected chi connectivity index (χ4v) is 4.93. The van der Waals surface area contributed by atoms with Crippen molar-refractivity contribution < 1.29 is 52.8 Å². The molecule has 0 aromatic heterocycles. The molecule has 2 amide bonds. The monoisotopic (exact) mass is 363 g/mol. The number of nitrogens with one attached hydrogen (secondary N) is 2. The van der Waals surface area contributed by atoms with E-state index in [0.717, 1.165) is 3.87 Å². The molecule has 2 N–H and O–H groups in total. The Balaban J connectivity index is 0.00000200. The molecule has 1 atom stereocenters. The van der Waals surface area contributed by atoms with Gasteiger partial charge in [0.2, 0.25) is 0 Å². The molecule has 2 rings (SSSR count). The molecule has 0 fully saturated rings. The molecule has 0 saturated heterocycles. The first-order valence-corrected chi connectivity index (χ1v) is 8.54. The van der Waals surface area contributed by atoms with Crippen LogP contribution in [-0.2, 0) is 28.0 Å². The summed E-state index contributed by atoms with van der Waals surface area (Å²) in [6, 6.07) is 6.14. The standard InChI is InChI=1S/C12H13.2CH3NO.2ClH.Ti/c1-8-9(2)11-6-4-5-7-12(11)10(8)3;2*2-1-3;;;/h4-6,9H,1-3H3;2*1H,(H2,2,3);2*1H;/q;;;;;+4/p-4. The second-order valence-electron chi connectivity index (χ2n) is 4.70. The molecule has 1 unspecified atom stereocenters. The van der Waals surface area contributed by atoms with Crippen molar-refractivity contribution in [3.05, 3.63) is 34.9 Å². The van der Waals surface area contributed by atoms with Crippen LogP contribution >= 0.6 is 0 Å². The third-order valence-electron chi connectivity index (χ3n) is 3.86. The Kier molecular flexibility index (Phi) is 8.26. The van der Waals surface area contributed by atoms with Crippen LogP contribution in [0.3, 0.4) is 0 Å². The number of carbonyl (C=O) groups is 2. The number of hydrogen-bond acceptors (Lipinski definition) is 2. The largest absolute Gasteiger partial charge is 1.00 e. The maximum absolute atomic E-state index is 10.7. The molecule has 1 aromatic carbocycles. The summed E-state index contributed by atoms with van der Waals surface area (Å²) in [5.74, 6) is 0.405. The molecule has 113 valence electrons. The number of amides is 2. The van der Waals surface area contributed by atoms with Gasteiger partial charge in [-0.25, -0.2) is 0 Å². The van der Waals surface area contributed by atoms with Crippen molar-refractivity contribution in [3.63, 3.8) is 0 Å². The summed E-state index contributed by atoms with van der Waals surface area (Å²) in [5, 5.41) is 0. The zero-order chi connectivity index (χ0) is 14.0. The molecular formula is C14H17Cl2N2O2Ti. The van der Waals surface area contributed by atoms with Crippen molar-refractivity contribution in [1.29, 1.82) is 0 Å². The number of carbonyl (C=O) groups excluding carboxylic acids is 2. The van der Waals surface area contributed by atoms with Gasteiger partial charge in [0, 0.05) is 0 Å². The van der Waals surface area contributed by atoms with Gasteiger partial charge in [0.15, 0.2) is 0 Å². The van der Waals surface area contributed by atoms with Crippen molar-refractivity contribution in [2.75, 3.05) is 0 Å². The van der Waals surface area contributed by atoms with Crippen LogP contribution < -0.4 is 36.3 Å². The molecule has 0 radical (unpaired) electrons. The summed E-state index contributed by atoms with van der Waals surface area (Å²) >= 11 is -2.30. The summed E-state index contributed by atoms with van der Waals surface area (Å²) in [6.07, 6.45) is 1.35. The third-order valence-corrected chi connectivity index (χ3v) is 6.62. The van der Waals surface area contributed by atoms with Crippen LogP contribution in [-0.4, -0.2) is 12.8 Å². The number of allylic oxidation sites excluding steroid dienone is 2. The second-order valence-corrected chi connectivity index (χ2v) is 7.61. The quantitative estimate of drug-likeness (QED) is 0.407. The van der Waals surface area contributed by atoms with Gasteiger partial charge in [-0.15, -0.1) is 0 Å². The van der Waals surface area contributed by atoms with Gasteiger partial charge in [-0.1, -0.05) is 0 Å². The molecule has 1 aromatic rings. The van der Waals surface area contributed by atoms with Crippen LogP contribution in [0.5, 0.6) is 0 Å². The van der Waals surface area contributed by atoms with Crippen molar-refractivity contribution >= 4 is 22.3 Å². The van der Waals surface area contributed by atoms with Crippen LogP contribution in [0.4, 0.5) is 0 Å². The molecule has 7 heteroatoms. The van der Waals surface area contributed by atoms with Crippen LogP contribution in [0.25, 0.3) is 5.57 Å². The van der Waals surface area contributed by atoms with Crippen molar-refractivity contribution in [2.24, 2.45) is 0 Å². The minimum absolute atomic E-state index is 0. The van der Waals surface area contributed by atoms with E-state index in [4.69, 9.17) is 0 Å². The van der Waals surface area contributed by atoms with Gasteiger partial charge in [0.1, 0.15) is 0 Å². The molecule has 21 heavy (non-hydrogen) atoms. The Morgan fingerprint density at radius 3 is 2.19 bits per heavy atom. The fraction of sp³-hybridized carbons (Fsp3) is 0.286. The minimum atomic E-state index is -2.30. The van der Waals surface area contributed by atoms with E-state index in [1.165, 1.54) is 22.3 Å². The average Bonchev–Trinajstić information content (AvgIpc) is 2.64. The number of rotatable bonds is 5. The predicted octanol–water partition coefficient (Wildman–Crippen LogP) is -4.83. The molecular weight excluding hydrogens is 347 g/mol. The maximum Gasteiger partial charge on any atom is -1.00 e. The maximum atomic E-state index is 10.7. The van der Waals surface area contributed by atoms with Gasteiger partial charge >= 0.3 is 119 Å². The van der Waals surface area contributed by atoms with Crippen molar-refractivity contribution in [3.8, 4) is 0 Å². The first kappa shape index (κ1) is 20.2. The number of hydrogen-bond donors (Lipinski definition) is 2. The normalized spacial score (nSPS) is 15.3. The van der Waals surface area contributed by atoms with Crippen molar-refractivity contribution in [1.82, 2.24) is 7.60 Å². The summed E-state index contributed by atoms with van der Waals surface area (Å²) in [4.78, 5) is 21.5. The predicted molar refractivity (Wildman–Crippen MR) is 71.2 cm³/mol. The van der Waals surface area contributed by atoms with Crippen molar-refractivity contribution in [2.45, 2.75) is 26.7 Å². The van der Waals surface area contributed by atoms with E-state index in [9.17, 15) is 9.59 Å². The van der Waals surface area contributed by atoms with E-state index in [-0.39, 0.29) is 24.8 Å². The molecule has 0 heterocycles. The van der Waals surface area contributed by atoms with Gasteiger partial charge in [0.25, 0.3) is 0 Å². The van der Waals surface area contributed by atoms with E-state index < -0.39 is 18.4 Å². The smallest absolute Gasteiger partial charge is 1.00 e. The first-order chi connectivity index (χ1) is 9.11. The first-order valence-electron chi connectivity index (χ1n) is 6.20. The minimum Gasteiger partial charge on any atom is -1.00 e. The van der Waals surface area contributed by atoms with E-state index in [1.807, 2.05) is 12.1 Å². The topological polar surface area (TPSA) is 58.2 Å². The molecule has 1 aliphatic rings. The van der Waals surface area contributed by atoms with Crippen LogP contribution in [0, 0.1) is 0 Å². The molecule has 0 saturated carbocycles. The summed E-state index contributed by atoms with van der Waals surface area (Å²) in [6.45, 7) is 6.44. The Morgan fingerprint density at radius 1 is 1.10 bits per heavy atom. The van der Waals surface area contributed by atoms with E-state index in [2.05, 4.69) is 34.4 Å². The SMILES string of the molecule is CC1=C(C)C(C)c2ccc[c]([Ti+2]([NH]C=O)[NH]C=O)c21.[Cl-].[Cl-]. The second kappa shape index (κ2) is 8.59. The van der Waals surface area contributed by atoms with Crippen LogP contribution in [0.2, 0.25) is 0 Å². The summed E-state index contributed by atoms with van der Waals surface area (Å²) < 4.78 is 6.70. The van der Waals surface area contributed by atoms with Gasteiger partial charge in [-0.3, -0.25) is 0 Å². The Morgan fingerprint density at radius 2 is 1.67 bits per heavy atom. The van der Waals surface area contributed by atoms with E-state index >= 15 is 0 Å². The van der Waals surface area contributed by atoms with Crippen LogP contribution in [0.1, 0.15) is 37.8 Å². The average molecular weight is 364 g/mol. The fourth-order valence-electron chi connectivity index (χ4n) is 2.63. The van der Waals surface area contributed by atoms with Gasteiger partial charge in [0.05, 0.1) is 0 Å². The van der Waals surface area contributed by atoms with E-state index in [1.54, 1.807) is 0 Å². The number of benzene rings is 1. The molecule has 4 nitrogen and oxygen atoms in total. The Labute approximate surface area is 144 Å². The zero-order valence-corrected chi connectivity index (χ0v) is 15.1. The summed E-state index contributed by atoms with van der Waals surface area (Å²) in [7, 11) is 0. The molecule has 0 bridgehead atoms. The Hall–Kier alpha value is -0.806. The van der Waals surface area contributed by atoms with Crippen LogP contribution in [0.15, 0.2) is 23.8 Å². The third kappa shape index (κ3) is 3.69. The molecule has 0 spiro atoms. The van der Waals surface area contributed by atoms with Gasteiger partial charge < -0.3 is 24.8 Å². The number of fused-ring (bicyclic) bond motifs is 1.